The number of amides is 1. The van der Waals surface area contributed by atoms with Crippen molar-refractivity contribution in [1.29, 1.82) is 0 Å². The van der Waals surface area contributed by atoms with Crippen LogP contribution in [-0.4, -0.2) is 17.4 Å². The Hall–Kier alpha value is -3.14. The highest BCUT2D eigenvalue weighted by Crippen LogP contribution is 2.31. The lowest BCUT2D eigenvalue weighted by atomic mass is 10.0. The number of carbonyl (C=O) groups is 1. The number of nitrogens with zero attached hydrogens (tertiary/aromatic N) is 2. The van der Waals surface area contributed by atoms with Gasteiger partial charge in [0.25, 0.3) is 5.91 Å². The molecule has 4 rings (SSSR count). The van der Waals surface area contributed by atoms with Gasteiger partial charge >= 0.3 is 0 Å². The number of carbonyl (C=O) groups excluding carboxylic acids is 1. The molecule has 0 saturated heterocycles. The third-order valence-electron chi connectivity index (χ3n) is 5.10. The molecule has 0 spiro atoms. The van der Waals surface area contributed by atoms with Gasteiger partial charge in [-0.25, -0.2) is 4.98 Å². The number of ether oxygens (including phenoxy) is 1. The molecular weight excluding hydrogens is 348 g/mol. The van der Waals surface area contributed by atoms with E-state index in [4.69, 9.17) is 4.74 Å². The molecule has 0 aliphatic carbocycles. The van der Waals surface area contributed by atoms with E-state index < -0.39 is 0 Å². The third-order valence-corrected chi connectivity index (χ3v) is 5.10. The van der Waals surface area contributed by atoms with Crippen LogP contribution in [0.1, 0.15) is 47.7 Å². The van der Waals surface area contributed by atoms with Gasteiger partial charge in [-0.15, -0.1) is 0 Å². The number of benzene rings is 2. The first-order valence-electron chi connectivity index (χ1n) is 9.76. The number of aryl methyl sites for hydroxylation is 1. The highest BCUT2D eigenvalue weighted by Gasteiger charge is 2.26. The third kappa shape index (κ3) is 3.63. The van der Waals surface area contributed by atoms with Gasteiger partial charge in [-0.3, -0.25) is 4.79 Å². The normalized spacial score (nSPS) is 13.3. The molecule has 0 fully saturated rings. The summed E-state index contributed by atoms with van der Waals surface area (Å²) in [7, 11) is 0. The van der Waals surface area contributed by atoms with E-state index in [2.05, 4.69) is 31.0 Å². The molecule has 1 aliphatic rings. The summed E-state index contributed by atoms with van der Waals surface area (Å²) < 4.78 is 6.04. The molecule has 1 aliphatic heterocycles. The Morgan fingerprint density at radius 2 is 1.93 bits per heavy atom. The summed E-state index contributed by atoms with van der Waals surface area (Å²) in [6, 6.07) is 19.6. The minimum Gasteiger partial charge on any atom is -0.438 e. The Labute approximate surface area is 165 Å². The predicted octanol–water partition coefficient (Wildman–Crippen LogP) is 5.59. The van der Waals surface area contributed by atoms with Crippen LogP contribution in [0.4, 0.5) is 5.69 Å². The maximum atomic E-state index is 13.4. The molecule has 1 amide bonds. The van der Waals surface area contributed by atoms with Crippen molar-refractivity contribution in [3.8, 4) is 11.6 Å². The Balaban J connectivity index is 1.65. The molecule has 2 heterocycles. The zero-order valence-corrected chi connectivity index (χ0v) is 16.3. The molecule has 142 valence electrons. The number of hydrogen-bond acceptors (Lipinski definition) is 3. The van der Waals surface area contributed by atoms with Crippen LogP contribution >= 0.6 is 0 Å². The van der Waals surface area contributed by atoms with Gasteiger partial charge in [0.1, 0.15) is 11.3 Å². The Morgan fingerprint density at radius 1 is 1.07 bits per heavy atom. The van der Waals surface area contributed by atoms with Gasteiger partial charge in [-0.2, -0.15) is 0 Å². The monoisotopic (exact) mass is 372 g/mol. The lowest BCUT2D eigenvalue weighted by Crippen LogP contribution is -2.35. The van der Waals surface area contributed by atoms with Crippen LogP contribution in [0.15, 0.2) is 66.9 Å². The number of anilines is 1. The average Bonchev–Trinajstić information content (AvgIpc) is 2.73. The number of aromatic nitrogens is 1. The zero-order valence-electron chi connectivity index (χ0n) is 16.3. The minimum absolute atomic E-state index is 0.0738. The van der Waals surface area contributed by atoms with Gasteiger partial charge < -0.3 is 9.64 Å². The van der Waals surface area contributed by atoms with Crippen molar-refractivity contribution in [1.82, 2.24) is 4.98 Å². The highest BCUT2D eigenvalue weighted by molar-refractivity contribution is 6.08. The molecule has 0 bridgehead atoms. The topological polar surface area (TPSA) is 42.4 Å². The highest BCUT2D eigenvalue weighted by atomic mass is 16.5. The average molecular weight is 372 g/mol. The van der Waals surface area contributed by atoms with E-state index in [1.807, 2.05) is 41.3 Å². The quantitative estimate of drug-likeness (QED) is 0.599. The molecule has 0 saturated carbocycles. The maximum absolute atomic E-state index is 13.4. The van der Waals surface area contributed by atoms with Crippen molar-refractivity contribution < 1.29 is 9.53 Å². The number of para-hydroxylation sites is 1. The summed E-state index contributed by atoms with van der Waals surface area (Å²) in [5.74, 6) is 1.36. The van der Waals surface area contributed by atoms with Crippen molar-refractivity contribution >= 4 is 11.6 Å². The van der Waals surface area contributed by atoms with Crippen LogP contribution in [0.3, 0.4) is 0 Å². The van der Waals surface area contributed by atoms with Crippen LogP contribution in [-0.2, 0) is 6.42 Å². The summed E-state index contributed by atoms with van der Waals surface area (Å²) in [6.45, 7) is 4.98. The molecule has 4 heteroatoms. The second-order valence-electron chi connectivity index (χ2n) is 7.37. The fraction of sp³-hybridized carbons (Fsp3) is 0.250. The van der Waals surface area contributed by atoms with Gasteiger partial charge in [0, 0.05) is 18.4 Å². The number of fused-ring (bicyclic) bond motifs is 1. The summed E-state index contributed by atoms with van der Waals surface area (Å²) >= 11 is 0. The van der Waals surface area contributed by atoms with E-state index in [1.165, 1.54) is 11.1 Å². The lowest BCUT2D eigenvalue weighted by Gasteiger charge is -2.29. The molecule has 28 heavy (non-hydrogen) atoms. The Morgan fingerprint density at radius 3 is 2.79 bits per heavy atom. The summed E-state index contributed by atoms with van der Waals surface area (Å²) in [5.41, 5.74) is 3.86. The lowest BCUT2D eigenvalue weighted by molar-refractivity contribution is 0.0982. The van der Waals surface area contributed by atoms with E-state index >= 15 is 0 Å². The first-order valence-corrected chi connectivity index (χ1v) is 9.76. The standard InChI is InChI=1S/C24H24N2O2/c1-17(2)19-9-5-11-20(16-19)28-23-21(12-6-14-25-23)24(27)26-15-7-10-18-8-3-4-13-22(18)26/h3-6,8-9,11-14,16-17H,7,10,15H2,1-2H3. The molecular formula is C24H24N2O2. The van der Waals surface area contributed by atoms with Crippen molar-refractivity contribution in [2.75, 3.05) is 11.4 Å². The maximum Gasteiger partial charge on any atom is 0.263 e. The van der Waals surface area contributed by atoms with E-state index in [-0.39, 0.29) is 5.91 Å². The molecule has 0 atom stereocenters. The molecule has 0 unspecified atom stereocenters. The summed E-state index contributed by atoms with van der Waals surface area (Å²) in [4.78, 5) is 19.5. The number of pyridine rings is 1. The van der Waals surface area contributed by atoms with Gasteiger partial charge in [-0.05, 0) is 60.2 Å². The largest absolute Gasteiger partial charge is 0.438 e. The van der Waals surface area contributed by atoms with Crippen LogP contribution in [0, 0.1) is 0 Å². The Bertz CT molecular complexity index is 997. The fourth-order valence-electron chi connectivity index (χ4n) is 3.57. The smallest absolute Gasteiger partial charge is 0.263 e. The van der Waals surface area contributed by atoms with Gasteiger partial charge in [0.2, 0.25) is 5.88 Å². The van der Waals surface area contributed by atoms with E-state index in [0.717, 1.165) is 18.5 Å². The second-order valence-corrected chi connectivity index (χ2v) is 7.37. The number of hydrogen-bond donors (Lipinski definition) is 0. The number of rotatable bonds is 4. The van der Waals surface area contributed by atoms with Crippen LogP contribution in [0.5, 0.6) is 11.6 Å². The van der Waals surface area contributed by atoms with Crippen molar-refractivity contribution in [2.24, 2.45) is 0 Å². The van der Waals surface area contributed by atoms with Crippen molar-refractivity contribution in [3.63, 3.8) is 0 Å². The first kappa shape index (κ1) is 18.2. The molecule has 3 aromatic rings. The van der Waals surface area contributed by atoms with Crippen LogP contribution in [0.2, 0.25) is 0 Å². The predicted molar refractivity (Wildman–Crippen MR) is 111 cm³/mol. The SMILES string of the molecule is CC(C)c1cccc(Oc2ncccc2C(=O)N2CCCc3ccccc32)c1. The van der Waals surface area contributed by atoms with E-state index in [9.17, 15) is 4.79 Å². The van der Waals surface area contributed by atoms with Crippen LogP contribution < -0.4 is 9.64 Å². The first-order chi connectivity index (χ1) is 13.6. The van der Waals surface area contributed by atoms with Gasteiger partial charge in [0.15, 0.2) is 0 Å². The Kier molecular flexibility index (Phi) is 5.11. The molecule has 0 N–H and O–H groups in total. The summed E-state index contributed by atoms with van der Waals surface area (Å²) in [6.07, 6.45) is 3.61. The molecule has 4 nitrogen and oxygen atoms in total. The van der Waals surface area contributed by atoms with Crippen molar-refractivity contribution in [2.45, 2.75) is 32.6 Å². The zero-order chi connectivity index (χ0) is 19.5. The second kappa shape index (κ2) is 7.85. The fourth-order valence-corrected chi connectivity index (χ4v) is 3.57. The molecule has 2 aromatic carbocycles. The van der Waals surface area contributed by atoms with E-state index in [0.29, 0.717) is 29.7 Å². The van der Waals surface area contributed by atoms with Gasteiger partial charge in [-0.1, -0.05) is 44.2 Å². The molecule has 1 aromatic heterocycles. The molecule has 0 radical (unpaired) electrons. The van der Waals surface area contributed by atoms with E-state index in [1.54, 1.807) is 18.3 Å². The van der Waals surface area contributed by atoms with Crippen LogP contribution in [0.25, 0.3) is 0 Å². The summed E-state index contributed by atoms with van der Waals surface area (Å²) in [5, 5.41) is 0. The minimum atomic E-state index is -0.0738. The van der Waals surface area contributed by atoms with Crippen molar-refractivity contribution in [3.05, 3.63) is 83.6 Å². The van der Waals surface area contributed by atoms with Gasteiger partial charge in [0.05, 0.1) is 0 Å².